The average Bonchev–Trinajstić information content (AvgIpc) is 2.34. The van der Waals surface area contributed by atoms with Gasteiger partial charge in [0.05, 0.1) is 5.92 Å². The summed E-state index contributed by atoms with van der Waals surface area (Å²) in [6, 6.07) is 0.591. The van der Waals surface area contributed by atoms with E-state index in [-0.39, 0.29) is 5.92 Å². The molecule has 1 aliphatic carbocycles. The molecule has 1 saturated carbocycles. The van der Waals surface area contributed by atoms with Gasteiger partial charge in [-0.15, -0.1) is 0 Å². The van der Waals surface area contributed by atoms with Crippen LogP contribution in [0, 0.1) is 5.92 Å². The Hall–Kier alpha value is -0.570. The molecular formula is C9H15NO2. The van der Waals surface area contributed by atoms with Gasteiger partial charge in [0.2, 0.25) is 0 Å². The molecular weight excluding hydrogens is 154 g/mol. The molecule has 1 N–H and O–H groups in total. The van der Waals surface area contributed by atoms with Gasteiger partial charge >= 0.3 is 5.97 Å². The van der Waals surface area contributed by atoms with E-state index < -0.39 is 5.97 Å². The molecule has 3 heteroatoms. The number of nitrogens with zero attached hydrogens (tertiary/aromatic N) is 1. The molecule has 0 aromatic heterocycles. The molecule has 1 heterocycles. The van der Waals surface area contributed by atoms with Crippen LogP contribution in [-0.2, 0) is 4.79 Å². The minimum atomic E-state index is -0.606. The Kier molecular flexibility index (Phi) is 2.05. The van der Waals surface area contributed by atoms with Crippen molar-refractivity contribution in [1.82, 2.24) is 4.90 Å². The number of carboxylic acid groups (broad SMARTS) is 1. The number of carboxylic acids is 1. The maximum Gasteiger partial charge on any atom is 0.306 e. The molecule has 2 fully saturated rings. The lowest BCUT2D eigenvalue weighted by Gasteiger charge is -2.38. The maximum atomic E-state index is 10.5. The van der Waals surface area contributed by atoms with Crippen molar-refractivity contribution in [3.05, 3.63) is 0 Å². The van der Waals surface area contributed by atoms with Gasteiger partial charge in [0, 0.05) is 6.04 Å². The Morgan fingerprint density at radius 2 is 1.83 bits per heavy atom. The van der Waals surface area contributed by atoms with Crippen LogP contribution in [0.4, 0.5) is 0 Å². The molecule has 1 saturated heterocycles. The molecule has 12 heavy (non-hydrogen) atoms. The summed E-state index contributed by atoms with van der Waals surface area (Å²) < 4.78 is 0. The fourth-order valence-corrected chi connectivity index (χ4v) is 2.19. The topological polar surface area (TPSA) is 40.5 Å². The summed E-state index contributed by atoms with van der Waals surface area (Å²) in [5, 5.41) is 8.68. The van der Waals surface area contributed by atoms with Gasteiger partial charge in [-0.25, -0.2) is 0 Å². The van der Waals surface area contributed by atoms with Crippen LogP contribution in [0.15, 0.2) is 0 Å². The first-order valence-electron chi connectivity index (χ1n) is 4.74. The Morgan fingerprint density at radius 1 is 1.25 bits per heavy atom. The average molecular weight is 169 g/mol. The van der Waals surface area contributed by atoms with E-state index in [1.165, 1.54) is 25.9 Å². The van der Waals surface area contributed by atoms with Crippen LogP contribution in [0.2, 0.25) is 0 Å². The molecule has 0 bridgehead atoms. The van der Waals surface area contributed by atoms with E-state index in [4.69, 9.17) is 5.11 Å². The fourth-order valence-electron chi connectivity index (χ4n) is 2.19. The lowest BCUT2D eigenvalue weighted by molar-refractivity contribution is -0.146. The van der Waals surface area contributed by atoms with Gasteiger partial charge in [-0.1, -0.05) is 0 Å². The van der Waals surface area contributed by atoms with Crippen molar-refractivity contribution in [2.24, 2.45) is 5.92 Å². The van der Waals surface area contributed by atoms with Crippen LogP contribution in [0.3, 0.4) is 0 Å². The molecule has 0 spiro atoms. The van der Waals surface area contributed by atoms with Gasteiger partial charge in [-0.3, -0.25) is 4.79 Å². The summed E-state index contributed by atoms with van der Waals surface area (Å²) in [6.07, 6.45) is 4.37. The summed E-state index contributed by atoms with van der Waals surface area (Å²) >= 11 is 0. The molecule has 3 nitrogen and oxygen atoms in total. The zero-order valence-corrected chi connectivity index (χ0v) is 7.20. The summed E-state index contributed by atoms with van der Waals surface area (Å²) in [4.78, 5) is 13.0. The number of hydrogen-bond acceptors (Lipinski definition) is 2. The lowest BCUT2D eigenvalue weighted by atomic mass is 9.79. The Balaban J connectivity index is 1.77. The number of aliphatic carboxylic acids is 1. The van der Waals surface area contributed by atoms with E-state index >= 15 is 0 Å². The van der Waals surface area contributed by atoms with Crippen molar-refractivity contribution in [2.75, 3.05) is 13.1 Å². The number of carbonyl (C=O) groups is 1. The van der Waals surface area contributed by atoms with E-state index in [1.54, 1.807) is 0 Å². The van der Waals surface area contributed by atoms with Crippen LogP contribution >= 0.6 is 0 Å². The molecule has 2 rings (SSSR count). The Morgan fingerprint density at radius 3 is 2.33 bits per heavy atom. The van der Waals surface area contributed by atoms with Crippen molar-refractivity contribution in [3.63, 3.8) is 0 Å². The first-order valence-corrected chi connectivity index (χ1v) is 4.74. The zero-order valence-electron chi connectivity index (χ0n) is 7.20. The number of rotatable bonds is 2. The fraction of sp³-hybridized carbons (Fsp3) is 0.889. The van der Waals surface area contributed by atoms with Gasteiger partial charge in [-0.05, 0) is 38.8 Å². The third-order valence-corrected chi connectivity index (χ3v) is 3.12. The van der Waals surface area contributed by atoms with E-state index in [1.807, 2.05) is 0 Å². The number of likely N-dealkylation sites (tertiary alicyclic amines) is 1. The predicted molar refractivity (Wildman–Crippen MR) is 45.0 cm³/mol. The highest BCUT2D eigenvalue weighted by atomic mass is 16.4. The molecule has 0 unspecified atom stereocenters. The van der Waals surface area contributed by atoms with E-state index in [0.717, 1.165) is 12.8 Å². The normalized spacial score (nSPS) is 36.3. The Labute approximate surface area is 72.4 Å². The first-order chi connectivity index (χ1) is 5.77. The molecule has 0 aromatic rings. The largest absolute Gasteiger partial charge is 0.481 e. The minimum absolute atomic E-state index is 0.0457. The van der Waals surface area contributed by atoms with E-state index in [9.17, 15) is 4.79 Å². The quantitative estimate of drug-likeness (QED) is 0.669. The van der Waals surface area contributed by atoms with Gasteiger partial charge in [0.1, 0.15) is 0 Å². The summed E-state index contributed by atoms with van der Waals surface area (Å²) in [7, 11) is 0. The molecule has 68 valence electrons. The SMILES string of the molecule is O=C(O)C1CC(N2CCCC2)C1. The summed E-state index contributed by atoms with van der Waals surface area (Å²) in [5.74, 6) is -0.652. The van der Waals surface area contributed by atoms with E-state index in [0.29, 0.717) is 6.04 Å². The molecule has 2 aliphatic rings. The van der Waals surface area contributed by atoms with Gasteiger partial charge in [0.15, 0.2) is 0 Å². The molecule has 0 aromatic carbocycles. The Bertz CT molecular complexity index is 181. The van der Waals surface area contributed by atoms with Crippen molar-refractivity contribution in [2.45, 2.75) is 31.7 Å². The van der Waals surface area contributed by atoms with Crippen LogP contribution in [0.5, 0.6) is 0 Å². The van der Waals surface area contributed by atoms with Crippen molar-refractivity contribution in [1.29, 1.82) is 0 Å². The van der Waals surface area contributed by atoms with E-state index in [2.05, 4.69) is 4.90 Å². The third kappa shape index (κ3) is 1.33. The zero-order chi connectivity index (χ0) is 8.55. The standard InChI is InChI=1S/C9H15NO2/c11-9(12)7-5-8(6-7)10-3-1-2-4-10/h7-8H,1-6H2,(H,11,12). The highest BCUT2D eigenvalue weighted by Crippen LogP contribution is 2.33. The smallest absolute Gasteiger partial charge is 0.306 e. The van der Waals surface area contributed by atoms with Crippen LogP contribution in [-0.4, -0.2) is 35.1 Å². The van der Waals surface area contributed by atoms with Crippen LogP contribution < -0.4 is 0 Å². The molecule has 1 aliphatic heterocycles. The monoisotopic (exact) mass is 169 g/mol. The lowest BCUT2D eigenvalue weighted by Crippen LogP contribution is -2.45. The highest BCUT2D eigenvalue weighted by Gasteiger charge is 2.38. The van der Waals surface area contributed by atoms with Crippen LogP contribution in [0.1, 0.15) is 25.7 Å². The second kappa shape index (κ2) is 3.05. The summed E-state index contributed by atoms with van der Waals surface area (Å²) in [5.41, 5.74) is 0. The third-order valence-electron chi connectivity index (χ3n) is 3.12. The predicted octanol–water partition coefficient (Wildman–Crippen LogP) is 0.945. The highest BCUT2D eigenvalue weighted by molar-refractivity contribution is 5.71. The van der Waals surface area contributed by atoms with Crippen molar-refractivity contribution >= 4 is 5.97 Å². The molecule has 0 atom stereocenters. The first kappa shape index (κ1) is 8.05. The maximum absolute atomic E-state index is 10.5. The molecule has 0 radical (unpaired) electrons. The second-order valence-electron chi connectivity index (χ2n) is 3.90. The second-order valence-corrected chi connectivity index (χ2v) is 3.90. The number of hydrogen-bond donors (Lipinski definition) is 1. The summed E-state index contributed by atoms with van der Waals surface area (Å²) in [6.45, 7) is 2.38. The minimum Gasteiger partial charge on any atom is -0.481 e. The van der Waals surface area contributed by atoms with Gasteiger partial charge in [-0.2, -0.15) is 0 Å². The van der Waals surface area contributed by atoms with Crippen LogP contribution in [0.25, 0.3) is 0 Å². The van der Waals surface area contributed by atoms with Gasteiger partial charge < -0.3 is 10.0 Å². The van der Waals surface area contributed by atoms with Crippen molar-refractivity contribution < 1.29 is 9.90 Å². The van der Waals surface area contributed by atoms with Gasteiger partial charge in [0.25, 0.3) is 0 Å². The van der Waals surface area contributed by atoms with Crippen molar-refractivity contribution in [3.8, 4) is 0 Å². The molecule has 0 amide bonds.